The third-order valence-corrected chi connectivity index (χ3v) is 2.15. The Kier molecular flexibility index (Phi) is 5.28. The zero-order valence-electron chi connectivity index (χ0n) is 7.72. The van der Waals surface area contributed by atoms with Gasteiger partial charge in [-0.1, -0.05) is 17.7 Å². The van der Waals surface area contributed by atoms with E-state index in [0.29, 0.717) is 10.6 Å². The van der Waals surface area contributed by atoms with Gasteiger partial charge in [0.05, 0.1) is 4.92 Å². The Bertz CT molecular complexity index is 382. The lowest BCUT2D eigenvalue weighted by Crippen LogP contribution is -2.07. The van der Waals surface area contributed by atoms with Gasteiger partial charge in [-0.3, -0.25) is 10.1 Å². The average Bonchev–Trinajstić information content (AvgIpc) is 2.17. The summed E-state index contributed by atoms with van der Waals surface area (Å²) in [6, 6.07) is 3.66. The van der Waals surface area contributed by atoms with E-state index in [2.05, 4.69) is 6.58 Å². The molecule has 1 aromatic carbocycles. The third kappa shape index (κ3) is 3.20. The van der Waals surface area contributed by atoms with Crippen LogP contribution in [0.1, 0.15) is 11.6 Å². The molecule has 4 nitrogen and oxygen atoms in total. The Morgan fingerprint density at radius 3 is 2.67 bits per heavy atom. The smallest absolute Gasteiger partial charge is 0.269 e. The quantitative estimate of drug-likeness (QED) is 0.508. The van der Waals surface area contributed by atoms with Crippen LogP contribution in [0.3, 0.4) is 0 Å². The maximum absolute atomic E-state index is 10.5. The van der Waals surface area contributed by atoms with Crippen LogP contribution in [0.15, 0.2) is 30.9 Å². The van der Waals surface area contributed by atoms with Crippen molar-refractivity contribution in [2.75, 3.05) is 0 Å². The van der Waals surface area contributed by atoms with Crippen molar-refractivity contribution in [1.29, 1.82) is 0 Å². The molecule has 0 bridgehead atoms. The SMILES string of the molecule is C=C[C@@H](N)c1cc([N+](=O)[O-])ccc1Cl.Cl. The van der Waals surface area contributed by atoms with E-state index in [9.17, 15) is 10.1 Å². The number of nitrogens with two attached hydrogens (primary N) is 1. The van der Waals surface area contributed by atoms with Crippen LogP contribution in [0.2, 0.25) is 5.02 Å². The first-order valence-electron chi connectivity index (χ1n) is 3.88. The highest BCUT2D eigenvalue weighted by Crippen LogP contribution is 2.26. The molecule has 0 aromatic heterocycles. The van der Waals surface area contributed by atoms with Crippen LogP contribution in [-0.4, -0.2) is 4.92 Å². The van der Waals surface area contributed by atoms with Gasteiger partial charge in [0.15, 0.2) is 0 Å². The number of halogens is 2. The third-order valence-electron chi connectivity index (χ3n) is 1.80. The van der Waals surface area contributed by atoms with Gasteiger partial charge >= 0.3 is 0 Å². The Morgan fingerprint density at radius 2 is 2.20 bits per heavy atom. The number of hydrogen-bond donors (Lipinski definition) is 1. The van der Waals surface area contributed by atoms with E-state index in [1.165, 1.54) is 24.3 Å². The molecule has 0 unspecified atom stereocenters. The van der Waals surface area contributed by atoms with Crippen LogP contribution in [-0.2, 0) is 0 Å². The molecule has 2 N–H and O–H groups in total. The summed E-state index contributed by atoms with van der Waals surface area (Å²) in [4.78, 5) is 9.98. The van der Waals surface area contributed by atoms with E-state index >= 15 is 0 Å². The molecule has 0 radical (unpaired) electrons. The van der Waals surface area contributed by atoms with E-state index < -0.39 is 11.0 Å². The van der Waals surface area contributed by atoms with E-state index in [1.54, 1.807) is 0 Å². The molecule has 0 amide bonds. The van der Waals surface area contributed by atoms with Crippen molar-refractivity contribution in [3.05, 3.63) is 51.6 Å². The lowest BCUT2D eigenvalue weighted by Gasteiger charge is -2.07. The summed E-state index contributed by atoms with van der Waals surface area (Å²) in [5.74, 6) is 0. The number of benzene rings is 1. The lowest BCUT2D eigenvalue weighted by atomic mass is 10.1. The minimum absolute atomic E-state index is 0. The zero-order chi connectivity index (χ0) is 10.7. The first kappa shape index (κ1) is 13.9. The molecule has 0 heterocycles. The zero-order valence-corrected chi connectivity index (χ0v) is 9.29. The monoisotopic (exact) mass is 248 g/mol. The summed E-state index contributed by atoms with van der Waals surface area (Å²) in [6.45, 7) is 3.50. The maximum Gasteiger partial charge on any atom is 0.269 e. The molecule has 82 valence electrons. The first-order chi connectivity index (χ1) is 6.56. The van der Waals surface area contributed by atoms with Crippen molar-refractivity contribution < 1.29 is 4.92 Å². The number of rotatable bonds is 3. The summed E-state index contributed by atoms with van der Waals surface area (Å²) >= 11 is 5.82. The normalized spacial score (nSPS) is 11.3. The Hall–Kier alpha value is -1.10. The minimum Gasteiger partial charge on any atom is -0.321 e. The molecule has 1 atom stereocenters. The van der Waals surface area contributed by atoms with Gasteiger partial charge in [0, 0.05) is 23.2 Å². The largest absolute Gasteiger partial charge is 0.321 e. The highest BCUT2D eigenvalue weighted by molar-refractivity contribution is 6.31. The average molecular weight is 249 g/mol. The summed E-state index contributed by atoms with van der Waals surface area (Å²) in [7, 11) is 0. The number of non-ortho nitro benzene ring substituents is 1. The van der Waals surface area contributed by atoms with Crippen LogP contribution >= 0.6 is 24.0 Å². The van der Waals surface area contributed by atoms with E-state index in [0.717, 1.165) is 0 Å². The van der Waals surface area contributed by atoms with Crippen LogP contribution in [0, 0.1) is 10.1 Å². The second-order valence-corrected chi connectivity index (χ2v) is 3.13. The second-order valence-electron chi connectivity index (χ2n) is 2.72. The van der Waals surface area contributed by atoms with Crippen LogP contribution in [0.5, 0.6) is 0 Å². The summed E-state index contributed by atoms with van der Waals surface area (Å²) in [5, 5.41) is 10.9. The van der Waals surface area contributed by atoms with Gasteiger partial charge in [0.25, 0.3) is 5.69 Å². The van der Waals surface area contributed by atoms with E-state index in [-0.39, 0.29) is 18.1 Å². The van der Waals surface area contributed by atoms with Crippen molar-refractivity contribution in [2.24, 2.45) is 5.73 Å². The highest BCUT2D eigenvalue weighted by Gasteiger charge is 2.12. The van der Waals surface area contributed by atoms with Crippen molar-refractivity contribution >= 4 is 29.7 Å². The lowest BCUT2D eigenvalue weighted by molar-refractivity contribution is -0.384. The van der Waals surface area contributed by atoms with Gasteiger partial charge < -0.3 is 5.73 Å². The van der Waals surface area contributed by atoms with Gasteiger partial charge in [-0.05, 0) is 11.6 Å². The van der Waals surface area contributed by atoms with Gasteiger partial charge in [0.2, 0.25) is 0 Å². The molecule has 0 fully saturated rings. The predicted molar refractivity (Wildman–Crippen MR) is 62.5 cm³/mol. The molecule has 15 heavy (non-hydrogen) atoms. The summed E-state index contributed by atoms with van der Waals surface area (Å²) < 4.78 is 0. The molecule has 0 aliphatic rings. The summed E-state index contributed by atoms with van der Waals surface area (Å²) in [5.41, 5.74) is 6.12. The topological polar surface area (TPSA) is 69.2 Å². The van der Waals surface area contributed by atoms with Gasteiger partial charge in [0.1, 0.15) is 0 Å². The minimum atomic E-state index is -0.490. The molecule has 1 aromatic rings. The standard InChI is InChI=1S/C9H9ClN2O2.ClH/c1-2-9(11)7-5-6(12(13)14)3-4-8(7)10;/h2-5,9H,1,11H2;1H/t9-;/m1./s1. The van der Waals surface area contributed by atoms with Crippen molar-refractivity contribution in [1.82, 2.24) is 0 Å². The van der Waals surface area contributed by atoms with Crippen LogP contribution in [0.4, 0.5) is 5.69 Å². The van der Waals surface area contributed by atoms with Gasteiger partial charge in [-0.2, -0.15) is 0 Å². The molecular weight excluding hydrogens is 239 g/mol. The van der Waals surface area contributed by atoms with Gasteiger partial charge in [-0.15, -0.1) is 19.0 Å². The molecule has 0 spiro atoms. The van der Waals surface area contributed by atoms with Crippen molar-refractivity contribution in [2.45, 2.75) is 6.04 Å². The maximum atomic E-state index is 10.5. The molecule has 6 heteroatoms. The Balaban J connectivity index is 0.00000196. The van der Waals surface area contributed by atoms with E-state index in [4.69, 9.17) is 17.3 Å². The molecule has 0 saturated carbocycles. The van der Waals surface area contributed by atoms with Crippen LogP contribution in [0.25, 0.3) is 0 Å². The Morgan fingerprint density at radius 1 is 1.60 bits per heavy atom. The second kappa shape index (κ2) is 5.70. The fourth-order valence-corrected chi connectivity index (χ4v) is 1.27. The van der Waals surface area contributed by atoms with Crippen molar-refractivity contribution in [3.63, 3.8) is 0 Å². The van der Waals surface area contributed by atoms with E-state index in [1.807, 2.05) is 0 Å². The van der Waals surface area contributed by atoms with Gasteiger partial charge in [-0.25, -0.2) is 0 Å². The fourth-order valence-electron chi connectivity index (χ4n) is 1.03. The molecule has 0 aliphatic heterocycles. The number of nitrogens with zero attached hydrogens (tertiary/aromatic N) is 1. The van der Waals surface area contributed by atoms with Crippen LogP contribution < -0.4 is 5.73 Å². The number of hydrogen-bond acceptors (Lipinski definition) is 3. The first-order valence-corrected chi connectivity index (χ1v) is 4.26. The summed E-state index contributed by atoms with van der Waals surface area (Å²) in [6.07, 6.45) is 1.48. The number of nitro groups is 1. The molecule has 0 saturated heterocycles. The molecular formula is C9H10Cl2N2O2. The highest BCUT2D eigenvalue weighted by atomic mass is 35.5. The fraction of sp³-hybridized carbons (Fsp3) is 0.111. The number of nitro benzene ring substituents is 1. The molecule has 1 rings (SSSR count). The van der Waals surface area contributed by atoms with Crippen molar-refractivity contribution in [3.8, 4) is 0 Å². The predicted octanol–water partition coefficient (Wildman–Crippen LogP) is 2.86. The Labute approximate surface area is 98.3 Å². The molecule has 0 aliphatic carbocycles.